The fraction of sp³-hybridized carbons (Fsp3) is 0.359. The Morgan fingerprint density at radius 3 is 1.30 bits per heavy atom. The maximum absolute atomic E-state index is 12.2. The summed E-state index contributed by atoms with van der Waals surface area (Å²) in [5, 5.41) is 85.7. The third kappa shape index (κ3) is 63.7. The summed E-state index contributed by atoms with van der Waals surface area (Å²) in [7, 11) is 4.88. The van der Waals surface area contributed by atoms with Crippen molar-refractivity contribution in [2.75, 3.05) is 141 Å². The van der Waals surface area contributed by atoms with Crippen LogP contribution >= 0.6 is 77.2 Å². The Labute approximate surface area is 907 Å². The first kappa shape index (κ1) is 136. The van der Waals surface area contributed by atoms with Gasteiger partial charge in [-0.05, 0) is 140 Å². The minimum Gasteiger partial charge on any atom is -1.00 e. The van der Waals surface area contributed by atoms with Crippen LogP contribution in [0.2, 0.25) is 0 Å². The van der Waals surface area contributed by atoms with E-state index in [9.17, 15) is 63.0 Å². The molecule has 8 aromatic carbocycles. The van der Waals surface area contributed by atoms with E-state index in [0.29, 0.717) is 32.4 Å². The van der Waals surface area contributed by atoms with Crippen molar-refractivity contribution in [2.24, 2.45) is 5.73 Å². The van der Waals surface area contributed by atoms with E-state index in [1.165, 1.54) is 27.8 Å². The van der Waals surface area contributed by atoms with Crippen molar-refractivity contribution in [3.05, 3.63) is 250 Å². The van der Waals surface area contributed by atoms with E-state index in [4.69, 9.17) is 109 Å². The molecule has 0 aliphatic carbocycles. The van der Waals surface area contributed by atoms with Gasteiger partial charge in [0, 0.05) is 36.4 Å². The molecular formula is C92H118BCl4IKN8NaO27PS. The van der Waals surface area contributed by atoms with Crippen LogP contribution in [0, 0.1) is 3.57 Å². The molecule has 0 aromatic heterocycles. The molecular weight excluding hydrogens is 2050 g/mol. The molecule has 6 atom stereocenters. The van der Waals surface area contributed by atoms with Crippen LogP contribution in [-0.2, 0) is 108 Å². The molecule has 14 N–H and O–H groups in total. The van der Waals surface area contributed by atoms with E-state index in [0.717, 1.165) is 48.5 Å². The standard InChI is InChI=1S/C18H17NO5.C12H14ClNO4.C12H13NO4.C11H13NO3.C10H13NO3.C7H6O3.C6H5I.C5H9NO3.C4H12N2.C4H9O.C2H2Cl2O.CH3PS.B.ClH.K.Na.H/c20-9-15-16(21)7-4-8-17(15)24-11-14-10-23-12-18(22)19(14)13-5-2-1-3-6-13;13-6-11(16)14-10(7-15)12(17)18-8-9-4-2-1-3-5-9;14-11-8-16-7-10(13-11)12(15)17-6-9-4-2-1-3-5-9;13-6-10-7-15-8-11(14)12(10)9-4-2-1-3-5-9;11-9(6-12)10(13)14-7-8-4-2-1-3-5-8;8-4-5-6(9)2-1-3-7(5)10;7-6-4-2-1-3-5-6;7-1-4-2-9-3-5(8)6-4;1-5-3-4-6-2;1-4(2,3)5;3-1-2(4)5;1-2-3;;;;;/h1-9,14,21H,10-12H2;1-5,10,15H,6-8H2,(H,14,16);1-5,10H,6-8H2,(H,13,14);1-5,10,13H,6-8H2;1-5,9,12H,6-7,11H2;1-4,9-10H;1-5H;4,7H,1-3H2,(H,6,8);5-6H,3-4H2,1-2H3;1-3H3;1H2;1H3;;1H;;;/q;;;;;;;;;-1;;;;;2*+1;-1/t14-;3*10-;9-;;;4-;;;;;;;;;/m00010..1........./s1. The average Bonchev–Trinajstić information content (AvgIpc) is 0.821. The zero-order valence-corrected chi connectivity index (χ0v) is 89.2. The molecule has 0 bridgehead atoms. The number of aromatic hydroxyl groups is 3. The minimum atomic E-state index is -1.08. The number of amides is 5. The fourth-order valence-electron chi connectivity index (χ4n) is 10.1. The number of rotatable bonds is 26. The number of likely N-dealkylation sites (N-methyl/N-ethyl adjacent to an activating group) is 2. The zero-order valence-electron chi connectivity index (χ0n) is 78.2. The first-order valence-electron chi connectivity index (χ1n) is 40.6. The Bertz CT molecular complexity index is 4640. The van der Waals surface area contributed by atoms with E-state index in [2.05, 4.69) is 73.1 Å². The predicted molar refractivity (Wildman–Crippen MR) is 527 cm³/mol. The van der Waals surface area contributed by atoms with Gasteiger partial charge in [-0.15, -0.1) is 41.2 Å². The van der Waals surface area contributed by atoms with E-state index in [1.54, 1.807) is 54.8 Å². The number of nitrogens with zero attached hydrogens (tertiary/aromatic N) is 2. The smallest absolute Gasteiger partial charge is 1.00 e. The number of nitrogens with one attached hydrogen (secondary N) is 5. The third-order valence-corrected chi connectivity index (χ3v) is 17.7. The topological polar surface area (TPSA) is 519 Å². The van der Waals surface area contributed by atoms with Crippen LogP contribution in [0.3, 0.4) is 0 Å². The number of aldehydes is 2. The third-order valence-electron chi connectivity index (χ3n) is 16.2. The summed E-state index contributed by atoms with van der Waals surface area (Å²) < 4.78 is 42.1. The summed E-state index contributed by atoms with van der Waals surface area (Å²) in [6, 6.07) is 61.8. The predicted octanol–water partition coefficient (Wildman–Crippen LogP) is 0.608. The van der Waals surface area contributed by atoms with Gasteiger partial charge in [0.25, 0.3) is 11.8 Å². The van der Waals surface area contributed by atoms with Gasteiger partial charge in [0.2, 0.25) is 23.0 Å². The largest absolute Gasteiger partial charge is 1.00 e. The Balaban J connectivity index is -0.000000481. The van der Waals surface area contributed by atoms with E-state index in [-0.39, 0.29) is 264 Å². The van der Waals surface area contributed by atoms with Crippen LogP contribution in [0.25, 0.3) is 0 Å². The SMILES string of the molecule is CC(C)(C)[O-].CNCCNC.CP=S.Cl.Ic1ccccc1.N[C@@H](CO)C(=O)OCc1ccccc1.O=C(CCl)N[C@@H](CO)C(=O)OCc1ccccc1.O=C(Cl)CCl.O=C1COC[C@@H](C(=O)OCc2ccccc2)N1.O=C1COC[C@@H](CO)N1.O=C1COC[C@@H](CO)N1c1ccccc1.O=Cc1c(O)cccc1O.O=Cc1c(O)cccc1OC[C@@H]1COCC(=O)N1c1ccccc1.[B].[H-].[K+].[Na+]. The number of nitrogens with two attached hydrogens (primary N) is 1. The summed E-state index contributed by atoms with van der Waals surface area (Å²) in [6.45, 7) is 10.0. The van der Waals surface area contributed by atoms with Crippen molar-refractivity contribution in [3.63, 3.8) is 0 Å². The molecule has 12 rings (SSSR count). The van der Waals surface area contributed by atoms with Crippen LogP contribution in [-0.4, -0.2) is 283 Å². The van der Waals surface area contributed by atoms with Gasteiger partial charge < -0.3 is 122 Å². The molecule has 4 aliphatic heterocycles. The molecule has 4 fully saturated rings. The first-order valence-corrected chi connectivity index (χ1v) is 45.5. The van der Waals surface area contributed by atoms with Gasteiger partial charge in [-0.1, -0.05) is 190 Å². The van der Waals surface area contributed by atoms with Gasteiger partial charge in [0.1, 0.15) is 87.8 Å². The molecule has 0 spiro atoms. The van der Waals surface area contributed by atoms with Gasteiger partial charge in [-0.2, -0.15) is 0 Å². The number of carbonyl (C=O) groups excluding carboxylic acids is 11. The molecule has 35 nitrogen and oxygen atoms in total. The Morgan fingerprint density at radius 1 is 0.577 bits per heavy atom. The van der Waals surface area contributed by atoms with Crippen molar-refractivity contribution < 1.29 is 214 Å². The summed E-state index contributed by atoms with van der Waals surface area (Å²) in [5.41, 5.74) is 8.73. The van der Waals surface area contributed by atoms with E-state index in [1.807, 2.05) is 178 Å². The van der Waals surface area contributed by atoms with Crippen LogP contribution < -0.4 is 133 Å². The number of esters is 3. The number of phenols is 3. The summed E-state index contributed by atoms with van der Waals surface area (Å²) in [4.78, 5) is 125. The van der Waals surface area contributed by atoms with E-state index < -0.39 is 66.0 Å². The number of hydrogen-bond acceptors (Lipinski definition) is 31. The quantitative estimate of drug-likeness (QED) is 0.00406. The fourth-order valence-corrected chi connectivity index (χ4v) is 10.5. The zero-order chi connectivity index (χ0) is 99.2. The van der Waals surface area contributed by atoms with Gasteiger partial charge in [-0.3, -0.25) is 43.2 Å². The molecule has 4 saturated heterocycles. The normalized spacial score (nSPS) is 14.9. The molecule has 45 heteroatoms. The summed E-state index contributed by atoms with van der Waals surface area (Å²) in [5.74, 6) is -3.62. The number of aliphatic hydroxyl groups is 4. The Hall–Kier alpha value is -7.64. The number of carbonyl (C=O) groups is 11. The Kier molecular flexibility index (Phi) is 83.2. The number of halogens is 5. The average molecular weight is 2170 g/mol. The van der Waals surface area contributed by atoms with Gasteiger partial charge in [0.05, 0.1) is 88.0 Å². The minimum absolute atomic E-state index is 0. The first-order chi connectivity index (χ1) is 63.8. The number of hydrogen-bond donors (Lipinski definition) is 13. The van der Waals surface area contributed by atoms with Crippen LogP contribution in [0.15, 0.2) is 218 Å². The Morgan fingerprint density at radius 2 is 0.949 bits per heavy atom. The summed E-state index contributed by atoms with van der Waals surface area (Å²) in [6.07, 6.45) is 0.951. The molecule has 0 unspecified atom stereocenters. The number of morpholine rings is 4. The van der Waals surface area contributed by atoms with Crippen LogP contribution in [0.1, 0.15) is 59.6 Å². The monoisotopic (exact) mass is 2170 g/mol. The van der Waals surface area contributed by atoms with Crippen molar-refractivity contribution in [1.82, 2.24) is 26.6 Å². The number of alkyl halides is 2. The van der Waals surface area contributed by atoms with Crippen LogP contribution in [0.5, 0.6) is 23.0 Å². The second-order valence-corrected chi connectivity index (χ2v) is 31.7. The molecule has 4 aliphatic rings. The number of phenolic OH excluding ortho intramolecular Hbond substituents is 3. The second kappa shape index (κ2) is 84.1. The molecule has 8 aromatic rings. The second-order valence-electron chi connectivity index (χ2n) is 28.1. The number of anilines is 2. The number of para-hydroxylation sites is 2. The maximum Gasteiger partial charge on any atom is 1.00 e. The van der Waals surface area contributed by atoms with Crippen LogP contribution in [0.4, 0.5) is 11.4 Å². The van der Waals surface area contributed by atoms with Gasteiger partial charge >= 0.3 is 98.8 Å². The van der Waals surface area contributed by atoms with E-state index >= 15 is 0 Å². The molecule has 5 amide bonds. The molecule has 739 valence electrons. The number of aliphatic hydroxyl groups excluding tert-OH is 4. The summed E-state index contributed by atoms with van der Waals surface area (Å²) >= 11 is 21.5. The number of ether oxygens (including phenoxy) is 8. The molecule has 137 heavy (non-hydrogen) atoms. The van der Waals surface area contributed by atoms with Gasteiger partial charge in [-0.25, -0.2) is 9.59 Å². The van der Waals surface area contributed by atoms with Crippen molar-refractivity contribution in [1.29, 1.82) is 0 Å². The molecule has 4 heterocycles. The van der Waals surface area contributed by atoms with Crippen molar-refractivity contribution in [2.45, 2.75) is 82.4 Å². The van der Waals surface area contributed by atoms with Crippen molar-refractivity contribution in [3.8, 4) is 23.0 Å². The van der Waals surface area contributed by atoms with Crippen molar-refractivity contribution >= 4 is 174 Å². The maximum atomic E-state index is 12.2. The number of benzene rings is 8. The molecule has 0 saturated carbocycles. The van der Waals surface area contributed by atoms with Gasteiger partial charge in [0.15, 0.2) is 24.7 Å². The molecule has 3 radical (unpaired) electrons.